The molecule has 0 saturated heterocycles. The van der Waals surface area contributed by atoms with Crippen LogP contribution in [-0.4, -0.2) is 27.6 Å². The van der Waals surface area contributed by atoms with E-state index in [1.165, 1.54) is 7.22 Å². The molecule has 2 aromatic rings. The van der Waals surface area contributed by atoms with Gasteiger partial charge in [0, 0.05) is 0 Å². The van der Waals surface area contributed by atoms with Gasteiger partial charge in [-0.15, -0.1) is 0 Å². The van der Waals surface area contributed by atoms with Crippen molar-refractivity contribution >= 4 is 34.8 Å². The molecule has 0 atom stereocenters. The van der Waals surface area contributed by atoms with E-state index in [1.807, 2.05) is 0 Å². The minimum atomic E-state index is -1.54. The summed E-state index contributed by atoms with van der Waals surface area (Å²) >= 11 is -1.54. The number of hydrogen-bond acceptors (Lipinski definition) is 0. The Labute approximate surface area is 147 Å². The first kappa shape index (κ1) is 18.5. The second-order valence-electron chi connectivity index (χ2n) is 5.71. The summed E-state index contributed by atoms with van der Waals surface area (Å²) in [7, 11) is -1.26. The van der Waals surface area contributed by atoms with Crippen LogP contribution in [0, 0.1) is 11.5 Å². The Kier molecular flexibility index (Phi) is 7.78. The van der Waals surface area contributed by atoms with E-state index >= 15 is 0 Å². The number of hydrogen-bond donors (Lipinski definition) is 0. The Balaban J connectivity index is 0.00000220. The standard InChI is InChI=1S/C18H21SiTe.BrH/c1-19(2,3)15-10-16-20(17-11-6-4-7-12-17)18-13-8-5-9-14-18;/h4-9,11-14H,16H2,1-3H3;1H/q+1;/p-1. The van der Waals surface area contributed by atoms with Gasteiger partial charge in [0.1, 0.15) is 0 Å². The van der Waals surface area contributed by atoms with Crippen LogP contribution >= 0.6 is 0 Å². The van der Waals surface area contributed by atoms with E-state index in [4.69, 9.17) is 0 Å². The number of rotatable bonds is 3. The molecule has 0 aromatic heterocycles. The zero-order valence-corrected chi connectivity index (χ0v) is 17.7. The van der Waals surface area contributed by atoms with Gasteiger partial charge in [-0.25, -0.2) is 0 Å². The maximum atomic E-state index is 3.52. The van der Waals surface area contributed by atoms with Crippen molar-refractivity contribution in [3.05, 3.63) is 60.7 Å². The Bertz CT molecular complexity index is 554. The van der Waals surface area contributed by atoms with Crippen molar-refractivity contribution in [3.8, 4) is 11.5 Å². The van der Waals surface area contributed by atoms with Crippen molar-refractivity contribution in [2.75, 3.05) is 0 Å². The Morgan fingerprint density at radius 3 is 1.62 bits per heavy atom. The van der Waals surface area contributed by atoms with E-state index in [-0.39, 0.29) is 17.0 Å². The maximum Gasteiger partial charge on any atom is -1.00 e. The predicted molar refractivity (Wildman–Crippen MR) is 93.8 cm³/mol. The molecule has 0 aliphatic carbocycles. The van der Waals surface area contributed by atoms with Crippen molar-refractivity contribution in [2.24, 2.45) is 0 Å². The summed E-state index contributed by atoms with van der Waals surface area (Å²) in [6, 6.07) is 21.9. The summed E-state index contributed by atoms with van der Waals surface area (Å²) in [5, 5.41) is 0. The third-order valence-electron chi connectivity index (χ3n) is 2.74. The van der Waals surface area contributed by atoms with Gasteiger partial charge in [0.25, 0.3) is 0 Å². The molecule has 0 saturated carbocycles. The van der Waals surface area contributed by atoms with E-state index in [0.717, 1.165) is 4.47 Å². The quantitative estimate of drug-likeness (QED) is 0.442. The van der Waals surface area contributed by atoms with Crippen LogP contribution in [0.25, 0.3) is 0 Å². The monoisotopic (exact) mass is 474 g/mol. The molecular formula is C18H21BrSiTe. The van der Waals surface area contributed by atoms with Gasteiger partial charge in [-0.05, 0) is 0 Å². The van der Waals surface area contributed by atoms with Gasteiger partial charge < -0.3 is 17.0 Å². The van der Waals surface area contributed by atoms with Crippen LogP contribution in [0.4, 0.5) is 0 Å². The van der Waals surface area contributed by atoms with E-state index < -0.39 is 27.6 Å². The molecule has 0 nitrogen and oxygen atoms in total. The van der Waals surface area contributed by atoms with Crippen LogP contribution in [0.5, 0.6) is 0 Å². The normalized spacial score (nSPS) is 10.5. The van der Waals surface area contributed by atoms with E-state index in [9.17, 15) is 0 Å². The molecule has 2 aromatic carbocycles. The average molecular weight is 473 g/mol. The van der Waals surface area contributed by atoms with Gasteiger partial charge in [-0.2, -0.15) is 0 Å². The molecule has 0 N–H and O–H groups in total. The van der Waals surface area contributed by atoms with Crippen molar-refractivity contribution in [1.82, 2.24) is 0 Å². The number of halogens is 1. The van der Waals surface area contributed by atoms with Crippen molar-refractivity contribution < 1.29 is 17.0 Å². The molecule has 0 aliphatic heterocycles. The average Bonchev–Trinajstić information content (AvgIpc) is 2.44. The van der Waals surface area contributed by atoms with Crippen molar-refractivity contribution in [2.45, 2.75) is 24.1 Å². The fraction of sp³-hybridized carbons (Fsp3) is 0.222. The Morgan fingerprint density at radius 1 is 0.810 bits per heavy atom. The molecule has 3 heteroatoms. The summed E-state index contributed by atoms with van der Waals surface area (Å²) < 4.78 is 4.11. The van der Waals surface area contributed by atoms with Crippen LogP contribution < -0.4 is 24.2 Å². The summed E-state index contributed by atoms with van der Waals surface area (Å²) in [6.07, 6.45) is 0. The summed E-state index contributed by atoms with van der Waals surface area (Å²) in [6.45, 7) is 6.93. The minimum Gasteiger partial charge on any atom is -1.00 e. The Hall–Kier alpha value is -0.514. The van der Waals surface area contributed by atoms with Gasteiger partial charge in [0.15, 0.2) is 0 Å². The summed E-state index contributed by atoms with van der Waals surface area (Å²) in [4.78, 5) is 0. The fourth-order valence-corrected chi connectivity index (χ4v) is 7.98. The first-order valence-corrected chi connectivity index (χ1v) is 14.4. The van der Waals surface area contributed by atoms with Crippen LogP contribution in [0.15, 0.2) is 60.7 Å². The zero-order chi connectivity index (χ0) is 14.4. The minimum absolute atomic E-state index is 0. The topological polar surface area (TPSA) is 0 Å². The van der Waals surface area contributed by atoms with Gasteiger partial charge in [0.05, 0.1) is 0 Å². The van der Waals surface area contributed by atoms with Gasteiger partial charge >= 0.3 is 131 Å². The third-order valence-corrected chi connectivity index (χ3v) is 9.70. The SMILES string of the molecule is C[Si](C)(C)C#CC[Te+](c1ccccc1)c1ccccc1.[Br-]. The molecule has 2 rings (SSSR count). The predicted octanol–water partition coefficient (Wildman–Crippen LogP) is 0.180. The number of benzene rings is 2. The molecule has 0 aliphatic rings. The van der Waals surface area contributed by atoms with Gasteiger partial charge in [-0.3, -0.25) is 0 Å². The van der Waals surface area contributed by atoms with E-state index in [0.29, 0.717) is 0 Å². The fourth-order valence-electron chi connectivity index (χ4n) is 1.85. The van der Waals surface area contributed by atoms with Crippen LogP contribution in [-0.2, 0) is 0 Å². The molecule has 0 unspecified atom stereocenters. The smallest absolute Gasteiger partial charge is 1.00 e. The summed E-state index contributed by atoms with van der Waals surface area (Å²) in [5.74, 6) is 3.51. The molecule has 0 bridgehead atoms. The second kappa shape index (κ2) is 8.81. The second-order valence-corrected chi connectivity index (χ2v) is 16.2. The Morgan fingerprint density at radius 2 is 1.24 bits per heavy atom. The van der Waals surface area contributed by atoms with Crippen LogP contribution in [0.3, 0.4) is 0 Å². The van der Waals surface area contributed by atoms with Gasteiger partial charge in [-0.1, -0.05) is 0 Å². The third kappa shape index (κ3) is 6.41. The van der Waals surface area contributed by atoms with Crippen LogP contribution in [0.2, 0.25) is 24.1 Å². The molecule has 0 heterocycles. The molecule has 0 radical (unpaired) electrons. The van der Waals surface area contributed by atoms with E-state index in [1.54, 1.807) is 0 Å². The first-order valence-electron chi connectivity index (χ1n) is 6.87. The molecular weight excluding hydrogens is 452 g/mol. The van der Waals surface area contributed by atoms with Crippen molar-refractivity contribution in [1.29, 1.82) is 0 Å². The molecule has 21 heavy (non-hydrogen) atoms. The maximum absolute atomic E-state index is 3.52. The molecule has 110 valence electrons. The molecule has 0 spiro atoms. The zero-order valence-electron chi connectivity index (χ0n) is 12.8. The summed E-state index contributed by atoms with van der Waals surface area (Å²) in [5.41, 5.74) is 3.52. The van der Waals surface area contributed by atoms with Gasteiger partial charge in [0.2, 0.25) is 0 Å². The molecule has 0 fully saturated rings. The molecule has 0 amide bonds. The van der Waals surface area contributed by atoms with E-state index in [2.05, 4.69) is 91.8 Å². The first-order chi connectivity index (χ1) is 9.56. The largest absolute Gasteiger partial charge is 1.00 e. The van der Waals surface area contributed by atoms with Crippen molar-refractivity contribution in [3.63, 3.8) is 0 Å². The van der Waals surface area contributed by atoms with Crippen LogP contribution in [0.1, 0.15) is 0 Å².